The van der Waals surface area contributed by atoms with Gasteiger partial charge in [-0.05, 0) is 88.3 Å². The molecular formula is C21H40O4Si. The molecule has 0 bridgehead atoms. The smallest absolute Gasteiger partial charge is 0.335 e. The second-order valence-corrected chi connectivity index (χ2v) is 14.9. The minimum absolute atomic E-state index is 0.334. The fourth-order valence-electron chi connectivity index (χ4n) is 5.77. The van der Waals surface area contributed by atoms with Crippen LogP contribution >= 0.6 is 0 Å². The van der Waals surface area contributed by atoms with Gasteiger partial charge in [0.25, 0.3) is 0 Å². The monoisotopic (exact) mass is 384 g/mol. The van der Waals surface area contributed by atoms with Gasteiger partial charge in [0, 0.05) is 6.10 Å². The van der Waals surface area contributed by atoms with Crippen molar-refractivity contribution >= 4 is 14.3 Å². The van der Waals surface area contributed by atoms with Gasteiger partial charge in [0.05, 0.1) is 0 Å². The van der Waals surface area contributed by atoms with E-state index < -0.39 is 19.9 Å². The largest absolute Gasteiger partial charge is 0.479 e. The summed E-state index contributed by atoms with van der Waals surface area (Å²) in [5.74, 6) is 0.824. The number of fused-ring (bicyclic) bond motifs is 1. The van der Waals surface area contributed by atoms with Gasteiger partial charge in [0.15, 0.2) is 13.9 Å². The van der Waals surface area contributed by atoms with Crippen molar-refractivity contribution in [3.63, 3.8) is 0 Å². The Morgan fingerprint density at radius 1 is 1.31 bits per heavy atom. The van der Waals surface area contributed by atoms with Crippen molar-refractivity contribution in [1.82, 2.24) is 0 Å². The van der Waals surface area contributed by atoms with E-state index in [4.69, 9.17) is 9.53 Å². The molecule has 2 saturated carbocycles. The zero-order valence-electron chi connectivity index (χ0n) is 17.7. The SMILES string of the molecule is C[C@H](CCC[C@](C)(O)C(=O)O)[C@H]1CCC2C(O[Si](C)(C)C)CCC[C@@]21C. The predicted octanol–water partition coefficient (Wildman–Crippen LogP) is 5.06. The lowest BCUT2D eigenvalue weighted by molar-refractivity contribution is -0.157. The Kier molecular flexibility index (Phi) is 6.67. The molecule has 2 rings (SSSR count). The van der Waals surface area contributed by atoms with Crippen LogP contribution < -0.4 is 0 Å². The van der Waals surface area contributed by atoms with Crippen LogP contribution in [0.2, 0.25) is 19.6 Å². The van der Waals surface area contributed by atoms with Crippen molar-refractivity contribution in [2.45, 2.75) is 103 Å². The third-order valence-electron chi connectivity index (χ3n) is 7.11. The molecule has 0 amide bonds. The van der Waals surface area contributed by atoms with E-state index >= 15 is 0 Å². The maximum atomic E-state index is 11.1. The summed E-state index contributed by atoms with van der Waals surface area (Å²) in [6.45, 7) is 13.1. The van der Waals surface area contributed by atoms with Crippen LogP contribution in [0, 0.1) is 23.2 Å². The fourth-order valence-corrected chi connectivity index (χ4v) is 6.96. The molecule has 0 aliphatic heterocycles. The number of aliphatic carboxylic acids is 1. The van der Waals surface area contributed by atoms with Gasteiger partial charge in [-0.25, -0.2) is 4.79 Å². The van der Waals surface area contributed by atoms with Gasteiger partial charge >= 0.3 is 5.97 Å². The van der Waals surface area contributed by atoms with Crippen molar-refractivity contribution in [2.24, 2.45) is 23.2 Å². The number of hydrogen-bond donors (Lipinski definition) is 2. The minimum Gasteiger partial charge on any atom is -0.479 e. The highest BCUT2D eigenvalue weighted by Crippen LogP contribution is 2.59. The average Bonchev–Trinajstić information content (AvgIpc) is 2.83. The van der Waals surface area contributed by atoms with E-state index in [0.29, 0.717) is 35.7 Å². The first-order valence-corrected chi connectivity index (χ1v) is 13.9. The second kappa shape index (κ2) is 7.92. The summed E-state index contributed by atoms with van der Waals surface area (Å²) in [7, 11) is -1.52. The molecule has 152 valence electrons. The quantitative estimate of drug-likeness (QED) is 0.574. The average molecular weight is 385 g/mol. The van der Waals surface area contributed by atoms with Crippen LogP contribution in [0.4, 0.5) is 0 Å². The minimum atomic E-state index is -1.59. The molecule has 6 atom stereocenters. The van der Waals surface area contributed by atoms with E-state index in [1.165, 1.54) is 39.0 Å². The van der Waals surface area contributed by atoms with E-state index in [2.05, 4.69) is 33.5 Å². The van der Waals surface area contributed by atoms with Crippen LogP contribution in [0.3, 0.4) is 0 Å². The highest BCUT2D eigenvalue weighted by Gasteiger charge is 2.53. The Hall–Kier alpha value is -0.393. The van der Waals surface area contributed by atoms with Crippen LogP contribution in [0.1, 0.15) is 72.1 Å². The van der Waals surface area contributed by atoms with Crippen LogP contribution in [0.25, 0.3) is 0 Å². The third kappa shape index (κ3) is 4.90. The van der Waals surface area contributed by atoms with Crippen molar-refractivity contribution in [3.05, 3.63) is 0 Å². The molecule has 2 aliphatic carbocycles. The van der Waals surface area contributed by atoms with E-state index in [1.807, 2.05) is 0 Å². The van der Waals surface area contributed by atoms with Crippen LogP contribution in [0.5, 0.6) is 0 Å². The number of carbonyl (C=O) groups is 1. The van der Waals surface area contributed by atoms with Gasteiger partial charge < -0.3 is 14.6 Å². The Morgan fingerprint density at radius 3 is 2.54 bits per heavy atom. The number of carboxylic acids is 1. The highest BCUT2D eigenvalue weighted by atomic mass is 28.4. The Labute approximate surface area is 160 Å². The van der Waals surface area contributed by atoms with E-state index in [0.717, 1.165) is 12.8 Å². The molecule has 0 heterocycles. The van der Waals surface area contributed by atoms with Gasteiger partial charge in [0.1, 0.15) is 0 Å². The Bertz CT molecular complexity index is 499. The van der Waals surface area contributed by atoms with Crippen molar-refractivity contribution < 1.29 is 19.4 Å². The van der Waals surface area contributed by atoms with Crippen LogP contribution in [-0.4, -0.2) is 36.2 Å². The first-order valence-electron chi connectivity index (χ1n) is 10.5. The van der Waals surface area contributed by atoms with Gasteiger partial charge in [0.2, 0.25) is 0 Å². The van der Waals surface area contributed by atoms with Gasteiger partial charge in [-0.1, -0.05) is 26.7 Å². The van der Waals surface area contributed by atoms with Crippen molar-refractivity contribution in [1.29, 1.82) is 0 Å². The summed E-state index contributed by atoms with van der Waals surface area (Å²) in [6.07, 6.45) is 8.85. The lowest BCUT2D eigenvalue weighted by atomic mass is 9.61. The fraction of sp³-hybridized carbons (Fsp3) is 0.952. The summed E-state index contributed by atoms with van der Waals surface area (Å²) < 4.78 is 6.58. The summed E-state index contributed by atoms with van der Waals surface area (Å²) in [5, 5.41) is 19.0. The number of aliphatic hydroxyl groups is 1. The molecule has 2 unspecified atom stereocenters. The molecule has 0 aromatic rings. The lowest BCUT2D eigenvalue weighted by Crippen LogP contribution is -2.46. The molecule has 5 heteroatoms. The lowest BCUT2D eigenvalue weighted by Gasteiger charge is -2.48. The third-order valence-corrected chi connectivity index (χ3v) is 8.12. The van der Waals surface area contributed by atoms with Crippen LogP contribution in [-0.2, 0) is 9.22 Å². The second-order valence-electron chi connectivity index (χ2n) is 10.4. The van der Waals surface area contributed by atoms with Gasteiger partial charge in [-0.2, -0.15) is 0 Å². The molecule has 0 saturated heterocycles. The molecule has 4 nitrogen and oxygen atoms in total. The number of rotatable bonds is 8. The molecule has 0 radical (unpaired) electrons. The van der Waals surface area contributed by atoms with Crippen LogP contribution in [0.15, 0.2) is 0 Å². The predicted molar refractivity (Wildman–Crippen MR) is 108 cm³/mol. The normalized spacial score (nSPS) is 35.6. The maximum absolute atomic E-state index is 11.1. The first-order chi connectivity index (χ1) is 11.9. The van der Waals surface area contributed by atoms with Gasteiger partial charge in [-0.3, -0.25) is 0 Å². The first kappa shape index (κ1) is 21.9. The summed E-state index contributed by atoms with van der Waals surface area (Å²) >= 11 is 0. The van der Waals surface area contributed by atoms with Crippen molar-refractivity contribution in [2.75, 3.05) is 0 Å². The molecule has 2 aliphatic rings. The van der Waals surface area contributed by atoms with E-state index in [-0.39, 0.29) is 0 Å². The standard InChI is InChI=1S/C21H40O4Si/c1-15(9-7-14-21(3,24)19(22)23)16-11-12-17-18(25-26(4,5)6)10-8-13-20(16,17)2/h15-18,24H,7-14H2,1-6H3,(H,22,23)/t15-,16-,17?,18?,20-,21+/m1/s1. The summed E-state index contributed by atoms with van der Waals surface area (Å²) in [4.78, 5) is 11.1. The molecular weight excluding hydrogens is 344 g/mol. The number of carboxylic acid groups (broad SMARTS) is 1. The molecule has 0 spiro atoms. The molecule has 2 N–H and O–H groups in total. The van der Waals surface area contributed by atoms with E-state index in [9.17, 15) is 9.90 Å². The molecule has 0 aromatic heterocycles. The van der Waals surface area contributed by atoms with E-state index in [1.54, 1.807) is 0 Å². The topological polar surface area (TPSA) is 66.8 Å². The summed E-state index contributed by atoms with van der Waals surface area (Å²) in [6, 6.07) is 0. The molecule has 0 aromatic carbocycles. The summed E-state index contributed by atoms with van der Waals surface area (Å²) in [5.41, 5.74) is -1.24. The zero-order valence-corrected chi connectivity index (χ0v) is 18.7. The number of hydrogen-bond acceptors (Lipinski definition) is 3. The van der Waals surface area contributed by atoms with Crippen molar-refractivity contribution in [3.8, 4) is 0 Å². The molecule has 2 fully saturated rings. The zero-order chi connectivity index (χ0) is 19.8. The Balaban J connectivity index is 1.97. The highest BCUT2D eigenvalue weighted by molar-refractivity contribution is 6.69. The Morgan fingerprint density at radius 2 is 1.96 bits per heavy atom. The maximum Gasteiger partial charge on any atom is 0.335 e. The molecule has 26 heavy (non-hydrogen) atoms. The van der Waals surface area contributed by atoms with Gasteiger partial charge in [-0.15, -0.1) is 0 Å².